The number of aryl methyl sites for hydroxylation is 1. The molecule has 1 aliphatic heterocycles. The number of amides is 1. The molecule has 112 valence electrons. The summed E-state index contributed by atoms with van der Waals surface area (Å²) in [7, 11) is 1.53. The third kappa shape index (κ3) is 2.65. The second-order valence-electron chi connectivity index (χ2n) is 4.78. The van der Waals surface area contributed by atoms with Gasteiger partial charge in [-0.15, -0.1) is 0 Å². The summed E-state index contributed by atoms with van der Waals surface area (Å²) in [5.41, 5.74) is -1.35. The number of nitrogens with zero attached hydrogens (tertiary/aromatic N) is 3. The summed E-state index contributed by atoms with van der Waals surface area (Å²) < 4.78 is 40.1. The molecule has 0 bridgehead atoms. The standard InChI is InChI=1S/C12H17F3N4O/c1-3-19-10(12(13,14)15)9(7-17-19)11(20)18(2)8-4-5-16-6-8/h7-8,16H,3-6H2,1-2H3. The number of likely N-dealkylation sites (N-methyl/N-ethyl adjacent to an activating group) is 1. The van der Waals surface area contributed by atoms with Crippen molar-refractivity contribution in [1.82, 2.24) is 20.0 Å². The predicted octanol–water partition coefficient (Wildman–Crippen LogP) is 1.36. The van der Waals surface area contributed by atoms with E-state index in [1.165, 1.54) is 11.9 Å². The third-order valence-electron chi connectivity index (χ3n) is 3.54. The predicted molar refractivity (Wildman–Crippen MR) is 66.3 cm³/mol. The largest absolute Gasteiger partial charge is 0.433 e. The number of rotatable bonds is 3. The smallest absolute Gasteiger partial charge is 0.337 e. The van der Waals surface area contributed by atoms with E-state index in [1.807, 2.05) is 0 Å². The minimum absolute atomic E-state index is 0.0663. The van der Waals surface area contributed by atoms with Crippen LogP contribution in [0.2, 0.25) is 0 Å². The Morgan fingerprint density at radius 3 is 2.80 bits per heavy atom. The van der Waals surface area contributed by atoms with Crippen molar-refractivity contribution in [3.63, 3.8) is 0 Å². The van der Waals surface area contributed by atoms with Crippen molar-refractivity contribution < 1.29 is 18.0 Å². The van der Waals surface area contributed by atoms with Crippen LogP contribution in [0.3, 0.4) is 0 Å². The molecule has 1 unspecified atom stereocenters. The Morgan fingerprint density at radius 1 is 1.60 bits per heavy atom. The minimum atomic E-state index is -4.59. The summed E-state index contributed by atoms with van der Waals surface area (Å²) in [4.78, 5) is 13.6. The number of carbonyl (C=O) groups is 1. The first-order valence-electron chi connectivity index (χ1n) is 6.47. The van der Waals surface area contributed by atoms with Crippen LogP contribution in [-0.2, 0) is 12.7 Å². The maximum atomic E-state index is 13.1. The van der Waals surface area contributed by atoms with Crippen LogP contribution in [0.5, 0.6) is 0 Å². The monoisotopic (exact) mass is 290 g/mol. The lowest BCUT2D eigenvalue weighted by molar-refractivity contribution is -0.144. The summed E-state index contributed by atoms with van der Waals surface area (Å²) in [5.74, 6) is -0.634. The highest BCUT2D eigenvalue weighted by atomic mass is 19.4. The average Bonchev–Trinajstić information content (AvgIpc) is 3.04. The van der Waals surface area contributed by atoms with Crippen molar-refractivity contribution in [3.8, 4) is 0 Å². The Morgan fingerprint density at radius 2 is 2.30 bits per heavy atom. The Balaban J connectivity index is 2.32. The summed E-state index contributed by atoms with van der Waals surface area (Å²) in [6.45, 7) is 2.99. The summed E-state index contributed by atoms with van der Waals surface area (Å²) in [6, 6.07) is -0.0754. The van der Waals surface area contributed by atoms with Gasteiger partial charge in [-0.3, -0.25) is 9.48 Å². The fourth-order valence-corrected chi connectivity index (χ4v) is 2.41. The molecule has 1 aromatic heterocycles. The van der Waals surface area contributed by atoms with Crippen LogP contribution in [0.15, 0.2) is 6.20 Å². The Labute approximate surface area is 114 Å². The van der Waals surface area contributed by atoms with E-state index in [1.54, 1.807) is 6.92 Å². The highest BCUT2D eigenvalue weighted by molar-refractivity contribution is 5.95. The molecule has 2 rings (SSSR count). The topological polar surface area (TPSA) is 50.2 Å². The zero-order chi connectivity index (χ0) is 14.9. The quantitative estimate of drug-likeness (QED) is 0.914. The second kappa shape index (κ2) is 5.43. The van der Waals surface area contributed by atoms with Crippen molar-refractivity contribution in [2.45, 2.75) is 32.1 Å². The molecule has 0 saturated carbocycles. The number of carbonyl (C=O) groups excluding carboxylic acids is 1. The van der Waals surface area contributed by atoms with Crippen molar-refractivity contribution in [2.24, 2.45) is 0 Å². The molecule has 8 heteroatoms. The maximum absolute atomic E-state index is 13.1. The number of hydrogen-bond donors (Lipinski definition) is 1. The molecule has 1 amide bonds. The van der Waals surface area contributed by atoms with Crippen LogP contribution in [0, 0.1) is 0 Å². The normalized spacial score (nSPS) is 19.4. The molecule has 1 atom stereocenters. The van der Waals surface area contributed by atoms with Gasteiger partial charge in [0.1, 0.15) is 0 Å². The molecule has 1 fully saturated rings. The highest BCUT2D eigenvalue weighted by Gasteiger charge is 2.41. The minimum Gasteiger partial charge on any atom is -0.337 e. The Bertz CT molecular complexity index is 491. The van der Waals surface area contributed by atoms with E-state index in [2.05, 4.69) is 10.4 Å². The molecule has 5 nitrogen and oxygen atoms in total. The lowest BCUT2D eigenvalue weighted by atomic mass is 10.1. The lowest BCUT2D eigenvalue weighted by Gasteiger charge is -2.24. The number of aromatic nitrogens is 2. The molecule has 2 heterocycles. The van der Waals surface area contributed by atoms with Crippen LogP contribution >= 0.6 is 0 Å². The van der Waals surface area contributed by atoms with E-state index in [0.717, 1.165) is 23.8 Å². The second-order valence-corrected chi connectivity index (χ2v) is 4.78. The van der Waals surface area contributed by atoms with Crippen molar-refractivity contribution >= 4 is 5.91 Å². The van der Waals surface area contributed by atoms with Gasteiger partial charge in [0.15, 0.2) is 5.69 Å². The summed E-state index contributed by atoms with van der Waals surface area (Å²) >= 11 is 0. The van der Waals surface area contributed by atoms with Gasteiger partial charge < -0.3 is 10.2 Å². The van der Waals surface area contributed by atoms with Gasteiger partial charge in [-0.25, -0.2) is 0 Å². The van der Waals surface area contributed by atoms with Crippen molar-refractivity contribution in [2.75, 3.05) is 20.1 Å². The molecule has 0 spiro atoms. The summed E-state index contributed by atoms with van der Waals surface area (Å²) in [6.07, 6.45) is -2.84. The Hall–Kier alpha value is -1.57. The number of halogens is 3. The van der Waals surface area contributed by atoms with Crippen LogP contribution < -0.4 is 5.32 Å². The third-order valence-corrected chi connectivity index (χ3v) is 3.54. The van der Waals surface area contributed by atoms with Gasteiger partial charge in [0.25, 0.3) is 5.91 Å². The zero-order valence-corrected chi connectivity index (χ0v) is 11.4. The summed E-state index contributed by atoms with van der Waals surface area (Å²) in [5, 5.41) is 6.75. The Kier molecular flexibility index (Phi) is 4.03. The van der Waals surface area contributed by atoms with Crippen LogP contribution in [0.1, 0.15) is 29.4 Å². The van der Waals surface area contributed by atoms with Crippen LogP contribution in [-0.4, -0.2) is 46.8 Å². The highest BCUT2D eigenvalue weighted by Crippen LogP contribution is 2.32. The van der Waals surface area contributed by atoms with Gasteiger partial charge in [0, 0.05) is 26.2 Å². The van der Waals surface area contributed by atoms with E-state index < -0.39 is 17.8 Å². The molecule has 1 saturated heterocycles. The SMILES string of the molecule is CCn1ncc(C(=O)N(C)C2CCNC2)c1C(F)(F)F. The van der Waals surface area contributed by atoms with E-state index in [4.69, 9.17) is 0 Å². The van der Waals surface area contributed by atoms with E-state index in [-0.39, 0.29) is 18.2 Å². The lowest BCUT2D eigenvalue weighted by Crippen LogP contribution is -2.39. The zero-order valence-electron chi connectivity index (χ0n) is 11.4. The molecule has 0 aromatic carbocycles. The number of nitrogens with one attached hydrogen (secondary N) is 1. The van der Waals surface area contributed by atoms with Crippen LogP contribution in [0.4, 0.5) is 13.2 Å². The molecular formula is C12H17F3N4O. The van der Waals surface area contributed by atoms with Gasteiger partial charge >= 0.3 is 6.18 Å². The molecular weight excluding hydrogens is 273 g/mol. The first kappa shape index (κ1) is 14.8. The van der Waals surface area contributed by atoms with E-state index in [0.29, 0.717) is 6.54 Å². The molecule has 1 aliphatic rings. The van der Waals surface area contributed by atoms with Gasteiger partial charge in [0.2, 0.25) is 0 Å². The van der Waals surface area contributed by atoms with E-state index in [9.17, 15) is 18.0 Å². The fourth-order valence-electron chi connectivity index (χ4n) is 2.41. The maximum Gasteiger partial charge on any atom is 0.433 e. The fraction of sp³-hybridized carbons (Fsp3) is 0.667. The van der Waals surface area contributed by atoms with Gasteiger partial charge in [0.05, 0.1) is 11.8 Å². The van der Waals surface area contributed by atoms with Crippen LogP contribution in [0.25, 0.3) is 0 Å². The van der Waals surface area contributed by atoms with Gasteiger partial charge in [-0.1, -0.05) is 0 Å². The van der Waals surface area contributed by atoms with E-state index >= 15 is 0 Å². The molecule has 0 aliphatic carbocycles. The molecule has 1 aromatic rings. The molecule has 0 radical (unpaired) electrons. The first-order chi connectivity index (χ1) is 9.36. The number of hydrogen-bond acceptors (Lipinski definition) is 3. The number of alkyl halides is 3. The molecule has 20 heavy (non-hydrogen) atoms. The van der Waals surface area contributed by atoms with Crippen molar-refractivity contribution in [3.05, 3.63) is 17.5 Å². The molecule has 1 N–H and O–H groups in total. The van der Waals surface area contributed by atoms with Crippen molar-refractivity contribution in [1.29, 1.82) is 0 Å². The van der Waals surface area contributed by atoms with Gasteiger partial charge in [-0.2, -0.15) is 18.3 Å². The first-order valence-corrected chi connectivity index (χ1v) is 6.47. The van der Waals surface area contributed by atoms with Gasteiger partial charge in [-0.05, 0) is 19.9 Å². The average molecular weight is 290 g/mol.